The van der Waals surface area contributed by atoms with E-state index >= 15 is 0 Å². The second-order valence-electron chi connectivity index (χ2n) is 9.46. The minimum Gasteiger partial charge on any atom is -0.378 e. The second kappa shape index (κ2) is 10.6. The van der Waals surface area contributed by atoms with Crippen molar-refractivity contribution in [2.75, 3.05) is 6.61 Å². The van der Waals surface area contributed by atoms with Crippen molar-refractivity contribution in [3.8, 4) is 11.1 Å². The molecule has 2 fully saturated rings. The molecule has 31 heavy (non-hydrogen) atoms. The van der Waals surface area contributed by atoms with E-state index in [9.17, 15) is 4.39 Å². The van der Waals surface area contributed by atoms with Crippen LogP contribution in [0, 0.1) is 17.7 Å². The molecule has 0 spiro atoms. The van der Waals surface area contributed by atoms with Crippen molar-refractivity contribution in [3.05, 3.63) is 71.6 Å². The van der Waals surface area contributed by atoms with Gasteiger partial charge in [-0.05, 0) is 111 Å². The lowest BCUT2D eigenvalue weighted by Gasteiger charge is -2.42. The quantitative estimate of drug-likeness (QED) is 0.411. The monoisotopic (exact) mass is 420 g/mol. The molecule has 0 aromatic heterocycles. The molecule has 2 heteroatoms. The van der Waals surface area contributed by atoms with E-state index in [1.54, 1.807) is 6.07 Å². The van der Waals surface area contributed by atoms with Crippen LogP contribution in [0.15, 0.2) is 54.6 Å². The van der Waals surface area contributed by atoms with Gasteiger partial charge in [0.05, 0.1) is 6.10 Å². The molecule has 0 aliphatic heterocycles. The van der Waals surface area contributed by atoms with Crippen LogP contribution in [-0.2, 0) is 11.2 Å². The van der Waals surface area contributed by atoms with Gasteiger partial charge in [-0.1, -0.05) is 48.6 Å². The van der Waals surface area contributed by atoms with Gasteiger partial charge in [0.25, 0.3) is 0 Å². The SMILES string of the molecule is C/C=C/CCc1ccc(-c2ccc(C3CCC4CC(OCC)CCC4C3)cc2)cc1F. The largest absolute Gasteiger partial charge is 0.378 e. The normalized spacial score (nSPS) is 26.2. The van der Waals surface area contributed by atoms with Gasteiger partial charge >= 0.3 is 0 Å². The summed E-state index contributed by atoms with van der Waals surface area (Å²) in [6.45, 7) is 4.96. The van der Waals surface area contributed by atoms with Gasteiger partial charge in [0.15, 0.2) is 0 Å². The van der Waals surface area contributed by atoms with Gasteiger partial charge in [0.1, 0.15) is 5.82 Å². The van der Waals surface area contributed by atoms with Crippen molar-refractivity contribution in [1.82, 2.24) is 0 Å². The summed E-state index contributed by atoms with van der Waals surface area (Å²) in [6, 6.07) is 14.6. The molecule has 0 saturated heterocycles. The molecule has 4 rings (SSSR count). The molecule has 2 aliphatic carbocycles. The molecule has 4 atom stereocenters. The number of ether oxygens (including phenoxy) is 1. The maximum atomic E-state index is 14.5. The molecule has 2 aromatic carbocycles. The summed E-state index contributed by atoms with van der Waals surface area (Å²) in [4.78, 5) is 0. The number of fused-ring (bicyclic) bond motifs is 1. The summed E-state index contributed by atoms with van der Waals surface area (Å²) in [6.07, 6.45) is 14.0. The number of hydrogen-bond acceptors (Lipinski definition) is 1. The van der Waals surface area contributed by atoms with E-state index in [1.165, 1.54) is 44.1 Å². The average Bonchev–Trinajstić information content (AvgIpc) is 2.80. The van der Waals surface area contributed by atoms with Crippen molar-refractivity contribution in [1.29, 1.82) is 0 Å². The average molecular weight is 421 g/mol. The van der Waals surface area contributed by atoms with Gasteiger partial charge < -0.3 is 4.74 Å². The van der Waals surface area contributed by atoms with Crippen LogP contribution in [0.25, 0.3) is 11.1 Å². The minimum absolute atomic E-state index is 0.0907. The van der Waals surface area contributed by atoms with E-state index in [0.29, 0.717) is 12.0 Å². The highest BCUT2D eigenvalue weighted by Gasteiger charge is 2.36. The molecule has 2 aliphatic rings. The molecule has 0 heterocycles. The Balaban J connectivity index is 1.38. The first-order chi connectivity index (χ1) is 15.2. The Hall–Kier alpha value is -1.93. The fourth-order valence-corrected chi connectivity index (χ4v) is 5.82. The Morgan fingerprint density at radius 3 is 2.42 bits per heavy atom. The maximum absolute atomic E-state index is 14.5. The molecule has 2 saturated carbocycles. The third kappa shape index (κ3) is 5.47. The first-order valence-electron chi connectivity index (χ1n) is 12.3. The Labute approximate surface area is 187 Å². The molecular formula is C29H37FO. The van der Waals surface area contributed by atoms with E-state index in [0.717, 1.165) is 48.0 Å². The molecule has 0 N–H and O–H groups in total. The third-order valence-electron chi connectivity index (χ3n) is 7.55. The van der Waals surface area contributed by atoms with E-state index in [1.807, 2.05) is 19.1 Å². The fraction of sp³-hybridized carbons (Fsp3) is 0.517. The Kier molecular flexibility index (Phi) is 7.61. The number of hydrogen-bond donors (Lipinski definition) is 0. The van der Waals surface area contributed by atoms with Crippen LogP contribution < -0.4 is 0 Å². The van der Waals surface area contributed by atoms with Gasteiger partial charge in [0, 0.05) is 6.61 Å². The van der Waals surface area contributed by atoms with Crippen LogP contribution in [0.1, 0.15) is 75.8 Å². The van der Waals surface area contributed by atoms with Gasteiger partial charge in [0.2, 0.25) is 0 Å². The highest BCUT2D eigenvalue weighted by Crippen LogP contribution is 2.46. The summed E-state index contributed by atoms with van der Waals surface area (Å²) in [5.41, 5.74) is 4.33. The molecule has 0 bridgehead atoms. The standard InChI is InChI=1S/C29H37FO/c1-3-5-6-7-23-12-13-27(20-29(23)30)22-10-8-21(9-11-22)24-14-15-26-19-28(31-4-2)17-16-25(26)18-24/h3,5,8-13,20,24-26,28H,4,6-7,14-19H2,1-2H3/b5-3+. The molecule has 0 amide bonds. The lowest BCUT2D eigenvalue weighted by atomic mass is 9.65. The first kappa shape index (κ1) is 22.3. The van der Waals surface area contributed by atoms with Crippen molar-refractivity contribution in [2.24, 2.45) is 11.8 Å². The van der Waals surface area contributed by atoms with Crippen molar-refractivity contribution >= 4 is 0 Å². The molecular weight excluding hydrogens is 383 g/mol. The summed E-state index contributed by atoms with van der Waals surface area (Å²) >= 11 is 0. The Morgan fingerprint density at radius 2 is 1.68 bits per heavy atom. The highest BCUT2D eigenvalue weighted by atomic mass is 19.1. The van der Waals surface area contributed by atoms with Crippen molar-refractivity contribution < 1.29 is 9.13 Å². The van der Waals surface area contributed by atoms with Gasteiger partial charge in [-0.15, -0.1) is 0 Å². The molecule has 0 radical (unpaired) electrons. The van der Waals surface area contributed by atoms with Gasteiger partial charge in [-0.2, -0.15) is 0 Å². The van der Waals surface area contributed by atoms with Crippen LogP contribution in [0.2, 0.25) is 0 Å². The third-order valence-corrected chi connectivity index (χ3v) is 7.55. The zero-order valence-electron chi connectivity index (χ0n) is 19.2. The number of allylic oxidation sites excluding steroid dienone is 2. The van der Waals surface area contributed by atoms with Gasteiger partial charge in [-0.25, -0.2) is 4.39 Å². The summed E-state index contributed by atoms with van der Waals surface area (Å²) < 4.78 is 20.4. The number of aryl methyl sites for hydroxylation is 1. The number of halogens is 1. The van der Waals surface area contributed by atoms with E-state index < -0.39 is 0 Å². The van der Waals surface area contributed by atoms with E-state index in [-0.39, 0.29) is 5.82 Å². The second-order valence-corrected chi connectivity index (χ2v) is 9.46. The maximum Gasteiger partial charge on any atom is 0.127 e. The van der Waals surface area contributed by atoms with Crippen molar-refractivity contribution in [2.45, 2.75) is 77.2 Å². The van der Waals surface area contributed by atoms with E-state index in [2.05, 4.69) is 43.3 Å². The highest BCUT2D eigenvalue weighted by molar-refractivity contribution is 5.64. The molecule has 166 valence electrons. The molecule has 4 unspecified atom stereocenters. The predicted octanol–water partition coefficient (Wildman–Crippen LogP) is 8.09. The number of benzene rings is 2. The Bertz CT molecular complexity index is 869. The zero-order chi connectivity index (χ0) is 21.6. The summed E-state index contributed by atoms with van der Waals surface area (Å²) in [5, 5.41) is 0. The summed E-state index contributed by atoms with van der Waals surface area (Å²) in [5.74, 6) is 2.30. The fourth-order valence-electron chi connectivity index (χ4n) is 5.82. The smallest absolute Gasteiger partial charge is 0.127 e. The van der Waals surface area contributed by atoms with Crippen LogP contribution in [0.4, 0.5) is 4.39 Å². The summed E-state index contributed by atoms with van der Waals surface area (Å²) in [7, 11) is 0. The van der Waals surface area contributed by atoms with Crippen LogP contribution in [0.3, 0.4) is 0 Å². The van der Waals surface area contributed by atoms with Crippen LogP contribution in [-0.4, -0.2) is 12.7 Å². The predicted molar refractivity (Wildman–Crippen MR) is 128 cm³/mol. The van der Waals surface area contributed by atoms with Crippen LogP contribution in [0.5, 0.6) is 0 Å². The van der Waals surface area contributed by atoms with Gasteiger partial charge in [-0.3, -0.25) is 0 Å². The van der Waals surface area contributed by atoms with Crippen LogP contribution >= 0.6 is 0 Å². The molecule has 1 nitrogen and oxygen atoms in total. The van der Waals surface area contributed by atoms with E-state index in [4.69, 9.17) is 4.74 Å². The lowest BCUT2D eigenvalue weighted by Crippen LogP contribution is -2.33. The first-order valence-corrected chi connectivity index (χ1v) is 12.3. The Morgan fingerprint density at radius 1 is 0.935 bits per heavy atom. The number of rotatable bonds is 7. The zero-order valence-corrected chi connectivity index (χ0v) is 19.2. The molecule has 2 aromatic rings. The topological polar surface area (TPSA) is 9.23 Å². The lowest BCUT2D eigenvalue weighted by molar-refractivity contribution is -0.00955. The van der Waals surface area contributed by atoms with Crippen molar-refractivity contribution in [3.63, 3.8) is 0 Å². The minimum atomic E-state index is -0.0907.